The zero-order valence-electron chi connectivity index (χ0n) is 15.2. The number of likely N-dealkylation sites (tertiary alicyclic amines) is 1. The fraction of sp³-hybridized carbons (Fsp3) is 0.706. The zero-order valence-corrected chi connectivity index (χ0v) is 15.2. The number of hydrogen-bond donors (Lipinski definition) is 2. The molecule has 1 aromatic heterocycles. The number of carbonyl (C=O) groups excluding carboxylic acids is 1. The third kappa shape index (κ3) is 3.88. The van der Waals surface area contributed by atoms with Crippen molar-refractivity contribution >= 4 is 11.7 Å². The molecule has 134 valence electrons. The summed E-state index contributed by atoms with van der Waals surface area (Å²) < 4.78 is 5.38. The second-order valence-electron chi connectivity index (χ2n) is 6.99. The normalized spacial score (nSPS) is 22.9. The van der Waals surface area contributed by atoms with E-state index in [1.54, 1.807) is 0 Å². The Balaban J connectivity index is 2.26. The molecular weight excluding hydrogens is 306 g/mol. The van der Waals surface area contributed by atoms with Crippen LogP contribution in [-0.2, 0) is 4.79 Å². The maximum Gasteiger partial charge on any atom is 0.234 e. The van der Waals surface area contributed by atoms with Crippen molar-refractivity contribution < 1.29 is 9.32 Å². The summed E-state index contributed by atoms with van der Waals surface area (Å²) in [5.74, 6) is 1.25. The van der Waals surface area contributed by atoms with Crippen LogP contribution in [0.15, 0.2) is 15.7 Å². The van der Waals surface area contributed by atoms with Crippen LogP contribution in [-0.4, -0.2) is 40.9 Å². The van der Waals surface area contributed by atoms with E-state index in [9.17, 15) is 4.79 Å². The highest BCUT2D eigenvalue weighted by molar-refractivity contribution is 5.92. The standard InChI is InChI=1S/C17H29N5O2/c1-6-19-20-16(18)13-7-11(4)9-22(13)17(23)15(10(2)3)14-8-12(5)21-24-14/h8,10-11,13,15,19H,6-7,9H2,1-5H3,(H2,18,20)/t11-,13+,15-/m1/s1. The lowest BCUT2D eigenvalue weighted by Gasteiger charge is -2.29. The summed E-state index contributed by atoms with van der Waals surface area (Å²) in [6, 6.07) is 1.67. The first-order chi connectivity index (χ1) is 11.3. The molecule has 1 fully saturated rings. The minimum absolute atomic E-state index is 0.0325. The molecular formula is C17H29N5O2. The van der Waals surface area contributed by atoms with Gasteiger partial charge in [-0.2, -0.15) is 5.10 Å². The van der Waals surface area contributed by atoms with E-state index in [-0.39, 0.29) is 23.8 Å². The van der Waals surface area contributed by atoms with Crippen molar-refractivity contribution in [3.63, 3.8) is 0 Å². The third-order valence-electron chi connectivity index (χ3n) is 4.39. The van der Waals surface area contributed by atoms with Crippen LogP contribution in [0, 0.1) is 18.8 Å². The van der Waals surface area contributed by atoms with Gasteiger partial charge in [-0.05, 0) is 32.1 Å². The Bertz CT molecular complexity index is 596. The molecule has 24 heavy (non-hydrogen) atoms. The first kappa shape index (κ1) is 18.3. The molecule has 1 amide bonds. The smallest absolute Gasteiger partial charge is 0.234 e. The number of hydrogen-bond acceptors (Lipinski definition) is 5. The summed E-state index contributed by atoms with van der Waals surface area (Å²) in [7, 11) is 0. The van der Waals surface area contributed by atoms with E-state index in [2.05, 4.69) is 22.6 Å². The molecule has 0 aliphatic carbocycles. The Morgan fingerprint density at radius 2 is 2.29 bits per heavy atom. The second kappa shape index (κ2) is 7.68. The van der Waals surface area contributed by atoms with E-state index in [0.29, 0.717) is 30.6 Å². The van der Waals surface area contributed by atoms with E-state index in [0.717, 1.165) is 12.1 Å². The molecule has 0 radical (unpaired) electrons. The highest BCUT2D eigenvalue weighted by Gasteiger charge is 2.40. The Hall–Kier alpha value is -2.05. The van der Waals surface area contributed by atoms with Crippen LogP contribution >= 0.6 is 0 Å². The van der Waals surface area contributed by atoms with Gasteiger partial charge >= 0.3 is 0 Å². The molecule has 2 heterocycles. The minimum atomic E-state index is -0.356. The van der Waals surface area contributed by atoms with Crippen molar-refractivity contribution in [3.8, 4) is 0 Å². The molecule has 1 aromatic rings. The molecule has 0 spiro atoms. The monoisotopic (exact) mass is 335 g/mol. The van der Waals surface area contributed by atoms with Crippen molar-refractivity contribution in [2.24, 2.45) is 22.7 Å². The van der Waals surface area contributed by atoms with Gasteiger partial charge in [0.25, 0.3) is 0 Å². The number of nitrogens with zero attached hydrogens (tertiary/aromatic N) is 3. The number of amidine groups is 1. The topological polar surface area (TPSA) is 96.8 Å². The summed E-state index contributed by atoms with van der Waals surface area (Å²) in [4.78, 5) is 15.1. The van der Waals surface area contributed by atoms with E-state index < -0.39 is 0 Å². The number of hydrazone groups is 1. The predicted molar refractivity (Wildman–Crippen MR) is 93.4 cm³/mol. The third-order valence-corrected chi connectivity index (χ3v) is 4.39. The summed E-state index contributed by atoms with van der Waals surface area (Å²) in [6.45, 7) is 11.4. The zero-order chi connectivity index (χ0) is 17.9. The van der Waals surface area contributed by atoms with Gasteiger partial charge in [0.15, 0.2) is 0 Å². The Kier molecular flexibility index (Phi) is 5.85. The lowest BCUT2D eigenvalue weighted by molar-refractivity contribution is -0.134. The van der Waals surface area contributed by atoms with Gasteiger partial charge in [0.1, 0.15) is 17.5 Å². The van der Waals surface area contributed by atoms with Crippen LogP contribution in [0.5, 0.6) is 0 Å². The molecule has 3 atom stereocenters. The molecule has 7 heteroatoms. The van der Waals surface area contributed by atoms with Crippen LogP contribution in [0.3, 0.4) is 0 Å². The fourth-order valence-corrected chi connectivity index (χ4v) is 3.26. The van der Waals surface area contributed by atoms with Crippen molar-refractivity contribution in [2.75, 3.05) is 13.1 Å². The molecule has 0 unspecified atom stereocenters. The Morgan fingerprint density at radius 3 is 2.83 bits per heavy atom. The van der Waals surface area contributed by atoms with Gasteiger partial charge < -0.3 is 20.6 Å². The van der Waals surface area contributed by atoms with E-state index in [1.807, 2.05) is 38.7 Å². The van der Waals surface area contributed by atoms with Crippen molar-refractivity contribution in [1.29, 1.82) is 0 Å². The van der Waals surface area contributed by atoms with E-state index in [4.69, 9.17) is 10.3 Å². The highest BCUT2D eigenvalue weighted by Crippen LogP contribution is 2.32. The number of rotatable bonds is 6. The average molecular weight is 335 g/mol. The van der Waals surface area contributed by atoms with E-state index in [1.165, 1.54) is 0 Å². The second-order valence-corrected chi connectivity index (χ2v) is 6.99. The summed E-state index contributed by atoms with van der Waals surface area (Å²) >= 11 is 0. The summed E-state index contributed by atoms with van der Waals surface area (Å²) in [5, 5.41) is 8.12. The van der Waals surface area contributed by atoms with Gasteiger partial charge in [-0.15, -0.1) is 0 Å². The van der Waals surface area contributed by atoms with Crippen LogP contribution < -0.4 is 11.2 Å². The highest BCUT2D eigenvalue weighted by atomic mass is 16.5. The Morgan fingerprint density at radius 1 is 1.58 bits per heavy atom. The maximum absolute atomic E-state index is 13.2. The number of nitrogens with two attached hydrogens (primary N) is 1. The number of aryl methyl sites for hydroxylation is 1. The molecule has 0 aromatic carbocycles. The van der Waals surface area contributed by atoms with Crippen LogP contribution in [0.4, 0.5) is 0 Å². The molecule has 7 nitrogen and oxygen atoms in total. The predicted octanol–water partition coefficient (Wildman–Crippen LogP) is 1.84. The van der Waals surface area contributed by atoms with Crippen molar-refractivity contribution in [1.82, 2.24) is 15.5 Å². The van der Waals surface area contributed by atoms with Gasteiger partial charge in [0.2, 0.25) is 5.91 Å². The molecule has 0 bridgehead atoms. The van der Waals surface area contributed by atoms with Crippen LogP contribution in [0.25, 0.3) is 0 Å². The van der Waals surface area contributed by atoms with Gasteiger partial charge in [-0.1, -0.05) is 25.9 Å². The van der Waals surface area contributed by atoms with E-state index >= 15 is 0 Å². The fourth-order valence-electron chi connectivity index (χ4n) is 3.26. The van der Waals surface area contributed by atoms with Gasteiger partial charge in [0.05, 0.1) is 11.7 Å². The van der Waals surface area contributed by atoms with Crippen LogP contribution in [0.1, 0.15) is 51.5 Å². The average Bonchev–Trinajstić information content (AvgIpc) is 3.10. The lowest BCUT2D eigenvalue weighted by Crippen LogP contribution is -2.47. The molecule has 2 rings (SSSR count). The Labute approximate surface area is 143 Å². The maximum atomic E-state index is 13.2. The van der Waals surface area contributed by atoms with Crippen LogP contribution in [0.2, 0.25) is 0 Å². The van der Waals surface area contributed by atoms with Crippen molar-refractivity contribution in [2.45, 2.75) is 53.0 Å². The first-order valence-corrected chi connectivity index (χ1v) is 8.64. The quantitative estimate of drug-likeness (QED) is 0.470. The first-order valence-electron chi connectivity index (χ1n) is 8.64. The minimum Gasteiger partial charge on any atom is -0.384 e. The van der Waals surface area contributed by atoms with Crippen molar-refractivity contribution in [3.05, 3.63) is 17.5 Å². The number of amides is 1. The molecule has 1 aliphatic rings. The van der Waals surface area contributed by atoms with Gasteiger partial charge in [-0.25, -0.2) is 0 Å². The summed E-state index contributed by atoms with van der Waals surface area (Å²) in [6.07, 6.45) is 0.826. The molecule has 1 aliphatic heterocycles. The molecule has 0 saturated carbocycles. The largest absolute Gasteiger partial charge is 0.384 e. The lowest BCUT2D eigenvalue weighted by atomic mass is 9.91. The number of nitrogens with one attached hydrogen (secondary N) is 1. The molecule has 3 N–H and O–H groups in total. The number of carbonyl (C=O) groups is 1. The van der Waals surface area contributed by atoms with Gasteiger partial charge in [-0.3, -0.25) is 4.79 Å². The summed E-state index contributed by atoms with van der Waals surface area (Å²) in [5.41, 5.74) is 9.80. The number of aromatic nitrogens is 1. The molecule has 1 saturated heterocycles. The SMILES string of the molecule is CCNN=C(N)[C@@H]1C[C@@H](C)CN1C(=O)[C@@H](c1cc(C)no1)C(C)C. The van der Waals surface area contributed by atoms with Gasteiger partial charge in [0, 0.05) is 19.2 Å².